The van der Waals surface area contributed by atoms with Crippen LogP contribution in [0.15, 0.2) is 85.1 Å². The van der Waals surface area contributed by atoms with Crippen molar-refractivity contribution in [3.8, 4) is 0 Å². The van der Waals surface area contributed by atoms with Gasteiger partial charge in [-0.25, -0.2) is 0 Å². The Bertz CT molecular complexity index is 1530. The Balaban J connectivity index is 3.95. The van der Waals surface area contributed by atoms with Crippen molar-refractivity contribution in [3.05, 3.63) is 85.1 Å². The summed E-state index contributed by atoms with van der Waals surface area (Å²) in [4.78, 5) is 38.0. The van der Waals surface area contributed by atoms with Gasteiger partial charge in [0.1, 0.15) is 13.2 Å². The second-order valence-corrected chi connectivity index (χ2v) is 23.4. The molecule has 468 valence electrons. The first-order valence-electron chi connectivity index (χ1n) is 35.1. The van der Waals surface area contributed by atoms with Gasteiger partial charge in [-0.1, -0.05) is 324 Å². The van der Waals surface area contributed by atoms with E-state index >= 15 is 0 Å². The third-order valence-electron chi connectivity index (χ3n) is 15.4. The number of rotatable bonds is 64. The van der Waals surface area contributed by atoms with Crippen LogP contribution in [0, 0.1) is 0 Å². The Morgan fingerprint density at radius 3 is 0.765 bits per heavy atom. The van der Waals surface area contributed by atoms with Gasteiger partial charge in [-0.2, -0.15) is 0 Å². The van der Waals surface area contributed by atoms with Crippen molar-refractivity contribution < 1.29 is 28.6 Å². The summed E-state index contributed by atoms with van der Waals surface area (Å²) < 4.78 is 16.8. The largest absolute Gasteiger partial charge is 0.462 e. The van der Waals surface area contributed by atoms with E-state index < -0.39 is 6.10 Å². The van der Waals surface area contributed by atoms with Gasteiger partial charge < -0.3 is 14.2 Å². The van der Waals surface area contributed by atoms with E-state index in [0.717, 1.165) is 116 Å². The number of hydrogen-bond donors (Lipinski definition) is 0. The molecule has 0 rings (SSSR count). The van der Waals surface area contributed by atoms with Crippen molar-refractivity contribution >= 4 is 17.9 Å². The molecule has 0 bridgehead atoms. The Hall–Kier alpha value is -3.41. The van der Waals surface area contributed by atoms with Gasteiger partial charge >= 0.3 is 17.9 Å². The van der Waals surface area contributed by atoms with E-state index in [0.29, 0.717) is 19.3 Å². The Morgan fingerprint density at radius 1 is 0.259 bits per heavy atom. The molecule has 0 spiro atoms. The minimum absolute atomic E-state index is 0.0845. The predicted molar refractivity (Wildman–Crippen MR) is 353 cm³/mol. The fourth-order valence-electron chi connectivity index (χ4n) is 10.2. The molecule has 0 amide bonds. The van der Waals surface area contributed by atoms with Gasteiger partial charge in [0, 0.05) is 19.3 Å². The molecule has 81 heavy (non-hydrogen) atoms. The summed E-state index contributed by atoms with van der Waals surface area (Å²) in [5.74, 6) is -0.911. The molecule has 6 heteroatoms. The molecule has 0 aliphatic rings. The minimum Gasteiger partial charge on any atom is -0.462 e. The number of unbranched alkanes of at least 4 members (excludes halogenated alkanes) is 39. The quantitative estimate of drug-likeness (QED) is 0.0261. The fraction of sp³-hybridized carbons (Fsp3) is 0.773. The van der Waals surface area contributed by atoms with Crippen molar-refractivity contribution in [1.82, 2.24) is 0 Å². The lowest BCUT2D eigenvalue weighted by Crippen LogP contribution is -2.30. The van der Waals surface area contributed by atoms with Crippen LogP contribution in [-0.2, 0) is 28.6 Å². The van der Waals surface area contributed by atoms with Crippen LogP contribution in [0.4, 0.5) is 0 Å². The number of ether oxygens (including phenoxy) is 3. The topological polar surface area (TPSA) is 78.9 Å². The monoisotopic (exact) mass is 1130 g/mol. The van der Waals surface area contributed by atoms with Crippen LogP contribution in [0.3, 0.4) is 0 Å². The second-order valence-electron chi connectivity index (χ2n) is 23.4. The van der Waals surface area contributed by atoms with Crippen LogP contribution < -0.4 is 0 Å². The summed E-state index contributed by atoms with van der Waals surface area (Å²) in [5, 5.41) is 0. The van der Waals surface area contributed by atoms with Crippen LogP contribution in [0.2, 0.25) is 0 Å². The highest BCUT2D eigenvalue weighted by Gasteiger charge is 2.19. The molecule has 1 unspecified atom stereocenters. The van der Waals surface area contributed by atoms with Crippen LogP contribution >= 0.6 is 0 Å². The highest BCUT2D eigenvalue weighted by molar-refractivity contribution is 5.71. The lowest BCUT2D eigenvalue weighted by Gasteiger charge is -2.18. The first-order chi connectivity index (χ1) is 40.0. The first-order valence-corrected chi connectivity index (χ1v) is 35.1. The molecule has 0 aliphatic carbocycles. The summed E-state index contributed by atoms with van der Waals surface area (Å²) in [6.07, 6.45) is 92.5. The molecule has 0 fully saturated rings. The molecule has 0 radical (unpaired) electrons. The standard InChI is InChI=1S/C75H132O6/c1-4-7-10-13-15-17-19-21-23-25-27-29-31-32-33-34-35-36-37-38-39-40-41-42-44-45-47-49-51-53-55-57-59-62-65-68-74(77)80-71-72(70-79-73(76)67-64-61-12-9-6-3)81-75(78)69-66-63-60-58-56-54-52-50-48-46-43-30-28-26-24-22-20-18-16-14-11-8-5-2/h8,11,16,18,22,24-25,27-28,30,46,48,52,54,72H,4-7,9-10,12-15,17,19-21,23,26,29,31-45,47,49-51,53,55-71H2,1-3H3/b11-8-,18-16-,24-22-,27-25-,30-28-,48-46-,54-52-. The maximum absolute atomic E-state index is 12.8. The molecule has 0 saturated carbocycles. The van der Waals surface area contributed by atoms with Crippen LogP contribution in [0.5, 0.6) is 0 Å². The van der Waals surface area contributed by atoms with Gasteiger partial charge in [0.2, 0.25) is 0 Å². The SMILES string of the molecule is CC/C=C\C/C=C\C/C=C\C/C=C\C/C=C\C/C=C\CCCCCCC(=O)OC(COC(=O)CCCCCCC)COC(=O)CCCCCCCCCCCCCCCCCCCCCCCCC/C=C\CCCCCCCCCC. The number of carbonyl (C=O) groups is 3. The number of allylic oxidation sites excluding steroid dienone is 14. The smallest absolute Gasteiger partial charge is 0.306 e. The Labute approximate surface area is 503 Å². The van der Waals surface area contributed by atoms with E-state index in [9.17, 15) is 14.4 Å². The molecule has 0 aromatic heterocycles. The zero-order chi connectivity index (χ0) is 58.5. The van der Waals surface area contributed by atoms with Crippen molar-refractivity contribution in [1.29, 1.82) is 0 Å². The molecule has 0 aromatic carbocycles. The zero-order valence-electron chi connectivity index (χ0n) is 53.8. The van der Waals surface area contributed by atoms with Gasteiger partial charge in [-0.05, 0) is 96.3 Å². The molecule has 0 N–H and O–H groups in total. The molecule has 0 aromatic rings. The summed E-state index contributed by atoms with van der Waals surface area (Å²) in [7, 11) is 0. The second kappa shape index (κ2) is 69.1. The summed E-state index contributed by atoms with van der Waals surface area (Å²) in [6.45, 7) is 6.46. The van der Waals surface area contributed by atoms with Crippen molar-refractivity contribution in [2.24, 2.45) is 0 Å². The van der Waals surface area contributed by atoms with Crippen LogP contribution in [-0.4, -0.2) is 37.2 Å². The molecule has 1 atom stereocenters. The van der Waals surface area contributed by atoms with Crippen molar-refractivity contribution in [2.45, 2.75) is 361 Å². The maximum atomic E-state index is 12.8. The normalized spacial score (nSPS) is 12.6. The van der Waals surface area contributed by atoms with E-state index in [1.165, 1.54) is 199 Å². The predicted octanol–water partition coefficient (Wildman–Crippen LogP) is 24.2. The average molecular weight is 1130 g/mol. The van der Waals surface area contributed by atoms with Gasteiger partial charge in [0.05, 0.1) is 0 Å². The minimum atomic E-state index is -0.787. The third kappa shape index (κ3) is 67.3. The van der Waals surface area contributed by atoms with Crippen molar-refractivity contribution in [2.75, 3.05) is 13.2 Å². The average Bonchev–Trinajstić information content (AvgIpc) is 3.47. The summed E-state index contributed by atoms with van der Waals surface area (Å²) >= 11 is 0. The molecule has 0 saturated heterocycles. The van der Waals surface area contributed by atoms with Gasteiger partial charge in [-0.3, -0.25) is 14.4 Å². The molecule has 6 nitrogen and oxygen atoms in total. The van der Waals surface area contributed by atoms with E-state index in [1.54, 1.807) is 0 Å². The third-order valence-corrected chi connectivity index (χ3v) is 15.4. The molecular weight excluding hydrogens is 997 g/mol. The lowest BCUT2D eigenvalue weighted by atomic mass is 10.0. The molecule has 0 heterocycles. The number of carbonyl (C=O) groups excluding carboxylic acids is 3. The molecule has 0 aliphatic heterocycles. The zero-order valence-corrected chi connectivity index (χ0v) is 53.8. The van der Waals surface area contributed by atoms with Crippen LogP contribution in [0.1, 0.15) is 355 Å². The van der Waals surface area contributed by atoms with Gasteiger partial charge in [0.25, 0.3) is 0 Å². The van der Waals surface area contributed by atoms with E-state index in [-0.39, 0.29) is 31.1 Å². The van der Waals surface area contributed by atoms with Gasteiger partial charge in [-0.15, -0.1) is 0 Å². The number of hydrogen-bond acceptors (Lipinski definition) is 6. The van der Waals surface area contributed by atoms with Gasteiger partial charge in [0.15, 0.2) is 6.10 Å². The van der Waals surface area contributed by atoms with E-state index in [2.05, 4.69) is 106 Å². The summed E-state index contributed by atoms with van der Waals surface area (Å²) in [5.41, 5.74) is 0. The highest BCUT2D eigenvalue weighted by Crippen LogP contribution is 2.18. The van der Waals surface area contributed by atoms with Crippen molar-refractivity contribution in [3.63, 3.8) is 0 Å². The maximum Gasteiger partial charge on any atom is 0.306 e. The first kappa shape index (κ1) is 77.6. The fourth-order valence-corrected chi connectivity index (χ4v) is 10.2. The highest BCUT2D eigenvalue weighted by atomic mass is 16.6. The number of esters is 3. The Kier molecular flexibility index (Phi) is 66.2. The summed E-state index contributed by atoms with van der Waals surface area (Å²) in [6, 6.07) is 0. The Morgan fingerprint density at radius 2 is 0.481 bits per heavy atom. The van der Waals surface area contributed by atoms with E-state index in [1.807, 2.05) is 0 Å². The molecular formula is C75H132O6. The lowest BCUT2D eigenvalue weighted by molar-refractivity contribution is -0.167. The van der Waals surface area contributed by atoms with Crippen LogP contribution in [0.25, 0.3) is 0 Å². The van der Waals surface area contributed by atoms with E-state index in [4.69, 9.17) is 14.2 Å².